The number of hydrogen-bond acceptors (Lipinski definition) is 4. The van der Waals surface area contributed by atoms with E-state index in [-0.39, 0.29) is 17.0 Å². The molecule has 27 heavy (non-hydrogen) atoms. The van der Waals surface area contributed by atoms with Gasteiger partial charge in [-0.25, -0.2) is 9.37 Å². The average molecular weight is 385 g/mol. The number of halogens is 1. The molecule has 3 rings (SSSR count). The second-order valence-electron chi connectivity index (χ2n) is 5.85. The molecular weight excluding hydrogens is 365 g/mol. The monoisotopic (exact) mass is 385 g/mol. The maximum absolute atomic E-state index is 13.5. The summed E-state index contributed by atoms with van der Waals surface area (Å²) in [5.41, 5.74) is 1.57. The van der Waals surface area contributed by atoms with Gasteiger partial charge in [-0.05, 0) is 31.2 Å². The Bertz CT molecular complexity index is 929. The first kappa shape index (κ1) is 19.0. The van der Waals surface area contributed by atoms with Gasteiger partial charge in [0.15, 0.2) is 5.16 Å². The minimum atomic E-state index is -0.366. The number of methoxy groups -OCH3 is 1. The summed E-state index contributed by atoms with van der Waals surface area (Å²) in [6.07, 6.45) is 3.38. The summed E-state index contributed by atoms with van der Waals surface area (Å²) >= 11 is 1.32. The van der Waals surface area contributed by atoms with E-state index in [1.165, 1.54) is 23.9 Å². The van der Waals surface area contributed by atoms with Crippen LogP contribution < -0.4 is 10.1 Å². The highest BCUT2D eigenvalue weighted by atomic mass is 32.2. The first-order valence-electron chi connectivity index (χ1n) is 8.44. The van der Waals surface area contributed by atoms with Gasteiger partial charge >= 0.3 is 0 Å². The van der Waals surface area contributed by atoms with Gasteiger partial charge in [0.25, 0.3) is 0 Å². The maximum atomic E-state index is 13.5. The lowest BCUT2D eigenvalue weighted by atomic mass is 10.2. The standard InChI is InChI=1S/C20H20FN3O2S/c1-14(19(25)23-13-15-6-3-4-9-18(15)26-2)27-20-22-10-11-24(20)17-8-5-7-16(21)12-17/h3-12,14H,13H2,1-2H3,(H,23,25). The first-order chi connectivity index (χ1) is 13.1. The molecule has 0 bridgehead atoms. The Hall–Kier alpha value is -2.80. The predicted octanol–water partition coefficient (Wildman–Crippen LogP) is 3.82. The lowest BCUT2D eigenvalue weighted by Crippen LogP contribution is -2.30. The van der Waals surface area contributed by atoms with Crippen LogP contribution in [-0.4, -0.2) is 27.8 Å². The number of rotatable bonds is 7. The van der Waals surface area contributed by atoms with E-state index in [4.69, 9.17) is 4.74 Å². The second kappa shape index (κ2) is 8.73. The number of ether oxygens (including phenoxy) is 1. The number of nitrogens with zero attached hydrogens (tertiary/aromatic N) is 2. The molecule has 0 aliphatic rings. The van der Waals surface area contributed by atoms with E-state index in [1.807, 2.05) is 31.2 Å². The topological polar surface area (TPSA) is 56.1 Å². The summed E-state index contributed by atoms with van der Waals surface area (Å²) < 4.78 is 20.5. The molecule has 140 valence electrons. The van der Waals surface area contributed by atoms with Crippen molar-refractivity contribution in [2.75, 3.05) is 7.11 Å². The van der Waals surface area contributed by atoms with Crippen molar-refractivity contribution in [3.8, 4) is 11.4 Å². The van der Waals surface area contributed by atoms with Gasteiger partial charge in [0.05, 0.1) is 18.0 Å². The van der Waals surface area contributed by atoms with Crippen molar-refractivity contribution in [2.24, 2.45) is 0 Å². The molecule has 5 nitrogen and oxygen atoms in total. The van der Waals surface area contributed by atoms with Crippen molar-refractivity contribution >= 4 is 17.7 Å². The summed E-state index contributed by atoms with van der Waals surface area (Å²) in [5, 5.41) is 3.18. The Kier molecular flexibility index (Phi) is 6.13. The SMILES string of the molecule is COc1ccccc1CNC(=O)C(C)Sc1nccn1-c1cccc(F)c1. The van der Waals surface area contributed by atoms with Gasteiger partial charge < -0.3 is 10.1 Å². The van der Waals surface area contributed by atoms with Crippen molar-refractivity contribution in [3.63, 3.8) is 0 Å². The molecule has 0 saturated heterocycles. The summed E-state index contributed by atoms with van der Waals surface area (Å²) in [5.74, 6) is 0.305. The summed E-state index contributed by atoms with van der Waals surface area (Å²) in [7, 11) is 1.60. The Morgan fingerprint density at radius 3 is 2.89 bits per heavy atom. The third-order valence-corrected chi connectivity index (χ3v) is 5.07. The van der Waals surface area contributed by atoms with Gasteiger partial charge in [0, 0.05) is 24.5 Å². The quantitative estimate of drug-likeness (QED) is 0.628. The summed E-state index contributed by atoms with van der Waals surface area (Å²) in [6, 6.07) is 13.8. The molecule has 0 aliphatic heterocycles. The smallest absolute Gasteiger partial charge is 0.233 e. The van der Waals surface area contributed by atoms with E-state index >= 15 is 0 Å². The molecule has 1 unspecified atom stereocenters. The minimum Gasteiger partial charge on any atom is -0.496 e. The van der Waals surface area contributed by atoms with Gasteiger partial charge in [0.1, 0.15) is 11.6 Å². The number of hydrogen-bond donors (Lipinski definition) is 1. The molecule has 0 radical (unpaired) electrons. The molecule has 1 amide bonds. The number of nitrogens with one attached hydrogen (secondary N) is 1. The normalized spacial score (nSPS) is 11.8. The zero-order valence-corrected chi connectivity index (χ0v) is 15.9. The highest BCUT2D eigenvalue weighted by molar-refractivity contribution is 8.00. The molecule has 1 aromatic heterocycles. The number of para-hydroxylation sites is 1. The fraction of sp³-hybridized carbons (Fsp3) is 0.200. The van der Waals surface area contributed by atoms with E-state index in [1.54, 1.807) is 36.2 Å². The number of thioether (sulfide) groups is 1. The maximum Gasteiger partial charge on any atom is 0.233 e. The Labute approximate surface area is 161 Å². The van der Waals surface area contributed by atoms with Crippen molar-refractivity contribution in [1.82, 2.24) is 14.9 Å². The number of benzene rings is 2. The predicted molar refractivity (Wildman–Crippen MR) is 104 cm³/mol. The van der Waals surface area contributed by atoms with Crippen molar-refractivity contribution in [2.45, 2.75) is 23.9 Å². The van der Waals surface area contributed by atoms with Crippen LogP contribution in [0.4, 0.5) is 4.39 Å². The van der Waals surface area contributed by atoms with Crippen LogP contribution in [-0.2, 0) is 11.3 Å². The van der Waals surface area contributed by atoms with Crippen LogP contribution in [0.5, 0.6) is 5.75 Å². The largest absolute Gasteiger partial charge is 0.496 e. The highest BCUT2D eigenvalue weighted by Crippen LogP contribution is 2.25. The van der Waals surface area contributed by atoms with Crippen molar-refractivity contribution < 1.29 is 13.9 Å². The van der Waals surface area contributed by atoms with E-state index in [0.29, 0.717) is 17.4 Å². The summed E-state index contributed by atoms with van der Waals surface area (Å²) in [4.78, 5) is 16.8. The van der Waals surface area contributed by atoms with Crippen LogP contribution in [0.15, 0.2) is 66.1 Å². The van der Waals surface area contributed by atoms with E-state index < -0.39 is 0 Å². The Morgan fingerprint density at radius 2 is 2.11 bits per heavy atom. The van der Waals surface area contributed by atoms with Crippen LogP contribution in [0.3, 0.4) is 0 Å². The molecule has 0 spiro atoms. The van der Waals surface area contributed by atoms with Crippen LogP contribution >= 0.6 is 11.8 Å². The van der Waals surface area contributed by atoms with Gasteiger partial charge in [-0.1, -0.05) is 36.0 Å². The van der Waals surface area contributed by atoms with Crippen LogP contribution in [0, 0.1) is 5.82 Å². The lowest BCUT2D eigenvalue weighted by Gasteiger charge is -2.14. The Morgan fingerprint density at radius 1 is 1.30 bits per heavy atom. The zero-order chi connectivity index (χ0) is 19.2. The van der Waals surface area contributed by atoms with E-state index in [0.717, 1.165) is 11.3 Å². The van der Waals surface area contributed by atoms with E-state index in [9.17, 15) is 9.18 Å². The molecule has 1 N–H and O–H groups in total. The Balaban J connectivity index is 1.65. The zero-order valence-electron chi connectivity index (χ0n) is 15.1. The highest BCUT2D eigenvalue weighted by Gasteiger charge is 2.18. The van der Waals surface area contributed by atoms with Crippen LogP contribution in [0.2, 0.25) is 0 Å². The third kappa shape index (κ3) is 4.68. The molecule has 7 heteroatoms. The van der Waals surface area contributed by atoms with Crippen molar-refractivity contribution in [3.05, 3.63) is 72.3 Å². The van der Waals surface area contributed by atoms with Crippen molar-refractivity contribution in [1.29, 1.82) is 0 Å². The van der Waals surface area contributed by atoms with Gasteiger partial charge in [-0.15, -0.1) is 0 Å². The fourth-order valence-electron chi connectivity index (χ4n) is 2.59. The number of amides is 1. The number of carbonyl (C=O) groups excluding carboxylic acids is 1. The molecule has 0 fully saturated rings. The lowest BCUT2D eigenvalue weighted by molar-refractivity contribution is -0.120. The average Bonchev–Trinajstić information content (AvgIpc) is 3.14. The summed E-state index contributed by atoms with van der Waals surface area (Å²) in [6.45, 7) is 2.19. The van der Waals surface area contributed by atoms with Gasteiger partial charge in [-0.2, -0.15) is 0 Å². The molecule has 1 atom stereocenters. The van der Waals surface area contributed by atoms with E-state index in [2.05, 4.69) is 10.3 Å². The molecule has 0 saturated carbocycles. The first-order valence-corrected chi connectivity index (χ1v) is 9.32. The van der Waals surface area contributed by atoms with Crippen LogP contribution in [0.1, 0.15) is 12.5 Å². The number of imidazole rings is 1. The van der Waals surface area contributed by atoms with Gasteiger partial charge in [0.2, 0.25) is 5.91 Å². The van der Waals surface area contributed by atoms with Gasteiger partial charge in [-0.3, -0.25) is 9.36 Å². The minimum absolute atomic E-state index is 0.111. The molecular formula is C20H20FN3O2S. The molecule has 0 aliphatic carbocycles. The number of aromatic nitrogens is 2. The number of carbonyl (C=O) groups is 1. The molecule has 2 aromatic carbocycles. The van der Waals surface area contributed by atoms with Crippen LogP contribution in [0.25, 0.3) is 5.69 Å². The molecule has 3 aromatic rings. The molecule has 1 heterocycles. The second-order valence-corrected chi connectivity index (χ2v) is 7.16. The fourth-order valence-corrected chi connectivity index (χ4v) is 3.49. The third-order valence-electron chi connectivity index (χ3n) is 3.99.